The molecule has 3 rings (SSSR count). The zero-order chi connectivity index (χ0) is 15.1. The van der Waals surface area contributed by atoms with Gasteiger partial charge in [-0.15, -0.1) is 0 Å². The molecule has 1 saturated carbocycles. The molecule has 3 amide bonds. The number of carbonyl (C=O) groups is 2. The van der Waals surface area contributed by atoms with Crippen LogP contribution in [0, 0.1) is 15.9 Å². The Morgan fingerprint density at radius 1 is 1.33 bits per heavy atom. The van der Waals surface area contributed by atoms with Gasteiger partial charge in [-0.1, -0.05) is 6.07 Å². The number of nitro groups is 1. The van der Waals surface area contributed by atoms with Crippen LogP contribution in [0.15, 0.2) is 18.2 Å². The van der Waals surface area contributed by atoms with Crippen molar-refractivity contribution in [3.8, 4) is 0 Å². The lowest BCUT2D eigenvalue weighted by molar-refractivity contribution is -0.385. The van der Waals surface area contributed by atoms with Crippen LogP contribution in [0.3, 0.4) is 0 Å². The van der Waals surface area contributed by atoms with Crippen LogP contribution in [0.25, 0.3) is 0 Å². The fourth-order valence-electron chi connectivity index (χ4n) is 2.42. The summed E-state index contributed by atoms with van der Waals surface area (Å²) in [5, 5.41) is 10.9. The molecule has 110 valence electrons. The van der Waals surface area contributed by atoms with E-state index in [1.165, 1.54) is 11.0 Å². The molecule has 1 aromatic rings. The Hall–Kier alpha value is -2.51. The lowest BCUT2D eigenvalue weighted by Crippen LogP contribution is -2.34. The fraction of sp³-hybridized carbons (Fsp3) is 0.385. The number of halogens is 1. The van der Waals surface area contributed by atoms with Crippen molar-refractivity contribution in [2.24, 2.45) is 0 Å². The van der Waals surface area contributed by atoms with Crippen molar-refractivity contribution in [3.63, 3.8) is 0 Å². The van der Waals surface area contributed by atoms with Gasteiger partial charge < -0.3 is 4.90 Å². The van der Waals surface area contributed by atoms with Gasteiger partial charge >= 0.3 is 6.03 Å². The summed E-state index contributed by atoms with van der Waals surface area (Å²) in [5.41, 5.74) is -0.678. The quantitative estimate of drug-likeness (QED) is 0.480. The molecule has 1 saturated heterocycles. The van der Waals surface area contributed by atoms with E-state index in [0.29, 0.717) is 0 Å². The summed E-state index contributed by atoms with van der Waals surface area (Å²) in [6.45, 7) is -0.449. The summed E-state index contributed by atoms with van der Waals surface area (Å²) >= 11 is 0. The van der Waals surface area contributed by atoms with Crippen LogP contribution in [0.4, 0.5) is 14.9 Å². The molecule has 21 heavy (non-hydrogen) atoms. The molecule has 7 nitrogen and oxygen atoms in total. The molecule has 2 fully saturated rings. The van der Waals surface area contributed by atoms with Gasteiger partial charge in [0.25, 0.3) is 11.6 Å². The second-order valence-corrected chi connectivity index (χ2v) is 5.12. The number of hydrogen-bond donors (Lipinski definition) is 0. The number of hydrogen-bond acceptors (Lipinski definition) is 4. The van der Waals surface area contributed by atoms with E-state index in [2.05, 4.69) is 0 Å². The standard InChI is InChI=1S/C13H12FN3O4/c14-10-2-1-3-11(17(20)21)9(10)6-16-12(18)7-15(13(16)19)8-4-5-8/h1-3,8H,4-7H2. The summed E-state index contributed by atoms with van der Waals surface area (Å²) in [6.07, 6.45) is 1.71. The molecule has 2 aliphatic rings. The highest BCUT2D eigenvalue weighted by atomic mass is 19.1. The monoisotopic (exact) mass is 293 g/mol. The molecule has 0 unspecified atom stereocenters. The largest absolute Gasteiger partial charge is 0.327 e. The zero-order valence-corrected chi connectivity index (χ0v) is 11.0. The van der Waals surface area contributed by atoms with Crippen molar-refractivity contribution in [1.82, 2.24) is 9.80 Å². The molecule has 1 heterocycles. The van der Waals surface area contributed by atoms with Crippen LogP contribution < -0.4 is 0 Å². The van der Waals surface area contributed by atoms with Crippen LogP contribution in [-0.2, 0) is 11.3 Å². The van der Waals surface area contributed by atoms with Crippen molar-refractivity contribution in [2.75, 3.05) is 6.54 Å². The molecule has 1 aliphatic carbocycles. The zero-order valence-electron chi connectivity index (χ0n) is 11.0. The third-order valence-electron chi connectivity index (χ3n) is 3.68. The molecular formula is C13H12FN3O4. The molecule has 0 bridgehead atoms. The molecular weight excluding hydrogens is 281 g/mol. The van der Waals surface area contributed by atoms with E-state index >= 15 is 0 Å². The Morgan fingerprint density at radius 3 is 2.67 bits per heavy atom. The topological polar surface area (TPSA) is 83.8 Å². The first kappa shape index (κ1) is 13.5. The summed E-state index contributed by atoms with van der Waals surface area (Å²) in [5.74, 6) is -1.25. The Morgan fingerprint density at radius 2 is 2.05 bits per heavy atom. The first-order chi connectivity index (χ1) is 9.99. The Bertz CT molecular complexity index is 644. The lowest BCUT2D eigenvalue weighted by Gasteiger charge is -2.16. The highest BCUT2D eigenvalue weighted by Gasteiger charge is 2.44. The van der Waals surface area contributed by atoms with Crippen LogP contribution in [0.1, 0.15) is 18.4 Å². The second kappa shape index (κ2) is 4.80. The molecule has 1 aliphatic heterocycles. The van der Waals surface area contributed by atoms with Gasteiger partial charge in [-0.05, 0) is 18.9 Å². The minimum atomic E-state index is -0.797. The van der Waals surface area contributed by atoms with Gasteiger partial charge in [0.05, 0.1) is 17.0 Å². The van der Waals surface area contributed by atoms with Crippen LogP contribution >= 0.6 is 0 Å². The maximum absolute atomic E-state index is 13.8. The first-order valence-corrected chi connectivity index (χ1v) is 6.52. The maximum atomic E-state index is 13.8. The van der Waals surface area contributed by atoms with E-state index in [1.54, 1.807) is 0 Å². The normalized spacial score (nSPS) is 18.5. The summed E-state index contributed by atoms with van der Waals surface area (Å²) in [6, 6.07) is 3.02. The number of urea groups is 1. The Kier molecular flexibility index (Phi) is 3.08. The van der Waals surface area contributed by atoms with Gasteiger partial charge in [0, 0.05) is 12.1 Å². The number of amides is 3. The minimum Gasteiger partial charge on any atom is -0.312 e. The highest BCUT2D eigenvalue weighted by molar-refractivity contribution is 6.02. The van der Waals surface area contributed by atoms with Crippen molar-refractivity contribution in [1.29, 1.82) is 0 Å². The minimum absolute atomic E-state index is 0.0360. The van der Waals surface area contributed by atoms with Crippen molar-refractivity contribution >= 4 is 17.6 Å². The van der Waals surface area contributed by atoms with Crippen molar-refractivity contribution < 1.29 is 18.9 Å². The first-order valence-electron chi connectivity index (χ1n) is 6.52. The molecule has 0 atom stereocenters. The van der Waals surface area contributed by atoms with Crippen molar-refractivity contribution in [3.05, 3.63) is 39.7 Å². The molecule has 1 aromatic carbocycles. The average Bonchev–Trinajstić information content (AvgIpc) is 3.22. The number of rotatable bonds is 4. The van der Waals surface area contributed by atoms with Gasteiger partial charge in [-0.2, -0.15) is 0 Å². The highest BCUT2D eigenvalue weighted by Crippen LogP contribution is 2.32. The number of nitrogens with zero attached hydrogens (tertiary/aromatic N) is 3. The lowest BCUT2D eigenvalue weighted by atomic mass is 10.1. The fourth-order valence-corrected chi connectivity index (χ4v) is 2.42. The van der Waals surface area contributed by atoms with E-state index in [-0.39, 0.29) is 18.2 Å². The van der Waals surface area contributed by atoms with E-state index in [4.69, 9.17) is 0 Å². The third kappa shape index (κ3) is 2.32. The predicted molar refractivity (Wildman–Crippen MR) is 68.7 cm³/mol. The van der Waals surface area contributed by atoms with E-state index in [1.807, 2.05) is 0 Å². The van der Waals surface area contributed by atoms with E-state index in [9.17, 15) is 24.1 Å². The van der Waals surface area contributed by atoms with E-state index < -0.39 is 34.9 Å². The molecule has 8 heteroatoms. The van der Waals surface area contributed by atoms with Gasteiger partial charge in [0.15, 0.2) is 0 Å². The smallest absolute Gasteiger partial charge is 0.312 e. The Balaban J connectivity index is 1.88. The number of imide groups is 1. The number of carbonyl (C=O) groups excluding carboxylic acids is 2. The molecule has 0 aromatic heterocycles. The average molecular weight is 293 g/mol. The van der Waals surface area contributed by atoms with Crippen molar-refractivity contribution in [2.45, 2.75) is 25.4 Å². The van der Waals surface area contributed by atoms with E-state index in [0.717, 1.165) is 29.9 Å². The van der Waals surface area contributed by atoms with Gasteiger partial charge in [-0.25, -0.2) is 9.18 Å². The maximum Gasteiger partial charge on any atom is 0.327 e. The van der Waals surface area contributed by atoms with Crippen LogP contribution in [0.5, 0.6) is 0 Å². The number of benzene rings is 1. The van der Waals surface area contributed by atoms with Gasteiger partial charge in [0.1, 0.15) is 12.4 Å². The molecule has 0 radical (unpaired) electrons. The Labute approximate surface area is 119 Å². The molecule has 0 spiro atoms. The van der Waals surface area contributed by atoms with Gasteiger partial charge in [0.2, 0.25) is 0 Å². The van der Waals surface area contributed by atoms with Crippen LogP contribution in [-0.4, -0.2) is 39.2 Å². The predicted octanol–water partition coefficient (Wildman–Crippen LogP) is 1.66. The summed E-state index contributed by atoms with van der Waals surface area (Å²) in [7, 11) is 0. The van der Waals surface area contributed by atoms with Crippen LogP contribution in [0.2, 0.25) is 0 Å². The van der Waals surface area contributed by atoms with Gasteiger partial charge in [-0.3, -0.25) is 19.8 Å². The summed E-state index contributed by atoms with van der Waals surface area (Å²) in [4.78, 5) is 36.6. The third-order valence-corrected chi connectivity index (χ3v) is 3.68. The second-order valence-electron chi connectivity index (χ2n) is 5.12. The summed E-state index contributed by atoms with van der Waals surface area (Å²) < 4.78 is 13.8. The molecule has 0 N–H and O–H groups in total. The number of nitro benzene ring substituents is 1. The SMILES string of the molecule is O=C1CN(C2CC2)C(=O)N1Cc1c(F)cccc1[N+](=O)[O-].